The van der Waals surface area contributed by atoms with Gasteiger partial charge in [-0.2, -0.15) is 5.26 Å². The van der Waals surface area contributed by atoms with Crippen molar-refractivity contribution in [3.63, 3.8) is 0 Å². The van der Waals surface area contributed by atoms with Crippen molar-refractivity contribution in [3.8, 4) is 6.07 Å². The predicted octanol–water partition coefficient (Wildman–Crippen LogP) is 4.56. The van der Waals surface area contributed by atoms with Crippen molar-refractivity contribution >= 4 is 23.6 Å². The maximum absolute atomic E-state index is 13.7. The fourth-order valence-corrected chi connectivity index (χ4v) is 3.71. The molecule has 8 heteroatoms. The first kappa shape index (κ1) is 27.4. The standard InChI is InChI=1S/C27H34N4O4/c1-17-11-8-9-14-21(17)23(24(32)30-22-18(2)12-10-13-19(22)3)31(16-15-28)25(33)20(4)29-26(34)35-27(5,6)7/h8-14,20,23H,16H2,1-7H3,(H,29,34)(H,30,32). The van der Waals surface area contributed by atoms with Gasteiger partial charge in [-0.05, 0) is 70.7 Å². The van der Waals surface area contributed by atoms with Crippen molar-refractivity contribution in [1.29, 1.82) is 5.26 Å². The number of para-hydroxylation sites is 1. The van der Waals surface area contributed by atoms with Gasteiger partial charge >= 0.3 is 6.09 Å². The smallest absolute Gasteiger partial charge is 0.408 e. The molecule has 2 aromatic carbocycles. The third-order valence-corrected chi connectivity index (χ3v) is 5.40. The number of carbonyl (C=O) groups excluding carboxylic acids is 3. The van der Waals surface area contributed by atoms with Crippen LogP contribution in [-0.2, 0) is 14.3 Å². The number of alkyl carbamates (subject to hydrolysis) is 1. The van der Waals surface area contributed by atoms with Gasteiger partial charge in [-0.15, -0.1) is 0 Å². The van der Waals surface area contributed by atoms with E-state index < -0.39 is 35.6 Å². The summed E-state index contributed by atoms with van der Waals surface area (Å²) in [6.07, 6.45) is -0.761. The molecule has 0 radical (unpaired) electrons. The Balaban J connectivity index is 2.46. The van der Waals surface area contributed by atoms with Crippen molar-refractivity contribution in [2.45, 2.75) is 66.2 Å². The zero-order valence-electron chi connectivity index (χ0n) is 21.4. The van der Waals surface area contributed by atoms with E-state index in [1.165, 1.54) is 11.8 Å². The first-order valence-corrected chi connectivity index (χ1v) is 11.4. The van der Waals surface area contributed by atoms with Gasteiger partial charge in [0.2, 0.25) is 5.91 Å². The fourth-order valence-electron chi connectivity index (χ4n) is 3.71. The molecule has 2 unspecified atom stereocenters. The first-order chi connectivity index (χ1) is 16.4. The van der Waals surface area contributed by atoms with Gasteiger partial charge in [0.15, 0.2) is 0 Å². The number of ether oxygens (including phenoxy) is 1. The van der Waals surface area contributed by atoms with Crippen molar-refractivity contribution < 1.29 is 19.1 Å². The highest BCUT2D eigenvalue weighted by Gasteiger charge is 2.35. The molecular formula is C27H34N4O4. The second-order valence-electron chi connectivity index (χ2n) is 9.51. The summed E-state index contributed by atoms with van der Waals surface area (Å²) in [6, 6.07) is 12.7. The van der Waals surface area contributed by atoms with Crippen LogP contribution in [-0.4, -0.2) is 41.0 Å². The molecule has 2 atom stereocenters. The zero-order valence-corrected chi connectivity index (χ0v) is 21.4. The molecular weight excluding hydrogens is 444 g/mol. The molecule has 35 heavy (non-hydrogen) atoms. The molecule has 3 amide bonds. The van der Waals surface area contributed by atoms with E-state index in [1.54, 1.807) is 32.9 Å². The van der Waals surface area contributed by atoms with Crippen LogP contribution in [0.5, 0.6) is 0 Å². The quantitative estimate of drug-likeness (QED) is 0.567. The van der Waals surface area contributed by atoms with Gasteiger partial charge in [-0.1, -0.05) is 42.5 Å². The minimum atomic E-state index is -1.09. The molecule has 0 bridgehead atoms. The molecule has 0 fully saturated rings. The lowest BCUT2D eigenvalue weighted by molar-refractivity contribution is -0.139. The van der Waals surface area contributed by atoms with E-state index in [4.69, 9.17) is 4.74 Å². The van der Waals surface area contributed by atoms with Crippen LogP contribution in [0.4, 0.5) is 10.5 Å². The lowest BCUT2D eigenvalue weighted by atomic mass is 9.97. The van der Waals surface area contributed by atoms with Crippen molar-refractivity contribution in [2.75, 3.05) is 11.9 Å². The molecule has 0 aliphatic carbocycles. The zero-order chi connectivity index (χ0) is 26.3. The van der Waals surface area contributed by atoms with Crippen molar-refractivity contribution in [1.82, 2.24) is 10.2 Å². The summed E-state index contributed by atoms with van der Waals surface area (Å²) in [5, 5.41) is 15.0. The van der Waals surface area contributed by atoms with E-state index >= 15 is 0 Å². The van der Waals surface area contributed by atoms with Gasteiger partial charge in [-0.25, -0.2) is 4.79 Å². The van der Waals surface area contributed by atoms with Crippen LogP contribution >= 0.6 is 0 Å². The highest BCUT2D eigenvalue weighted by atomic mass is 16.6. The Bertz CT molecular complexity index is 1110. The van der Waals surface area contributed by atoms with Crippen LogP contribution in [0.15, 0.2) is 42.5 Å². The highest BCUT2D eigenvalue weighted by Crippen LogP contribution is 2.28. The number of nitrogens with zero attached hydrogens (tertiary/aromatic N) is 2. The molecule has 0 spiro atoms. The number of aryl methyl sites for hydroxylation is 3. The van der Waals surface area contributed by atoms with E-state index in [9.17, 15) is 19.6 Å². The average molecular weight is 479 g/mol. The number of rotatable bonds is 7. The molecule has 0 saturated carbocycles. The minimum Gasteiger partial charge on any atom is -0.444 e. The summed E-state index contributed by atoms with van der Waals surface area (Å²) in [7, 11) is 0. The largest absolute Gasteiger partial charge is 0.444 e. The molecule has 186 valence electrons. The number of carbonyl (C=O) groups is 3. The highest BCUT2D eigenvalue weighted by molar-refractivity contribution is 6.00. The first-order valence-electron chi connectivity index (χ1n) is 11.4. The number of benzene rings is 2. The van der Waals surface area contributed by atoms with Crippen LogP contribution in [0, 0.1) is 32.1 Å². The Labute approximate surface area is 207 Å². The van der Waals surface area contributed by atoms with Gasteiger partial charge in [0.25, 0.3) is 5.91 Å². The van der Waals surface area contributed by atoms with Crippen LogP contribution < -0.4 is 10.6 Å². The summed E-state index contributed by atoms with van der Waals surface area (Å²) >= 11 is 0. The second kappa shape index (κ2) is 11.5. The number of anilines is 1. The summed E-state index contributed by atoms with van der Waals surface area (Å²) < 4.78 is 5.25. The Kier molecular flexibility index (Phi) is 9.01. The number of hydrogen-bond donors (Lipinski definition) is 2. The molecule has 0 aliphatic rings. The number of nitriles is 1. The molecule has 2 aromatic rings. The van der Waals surface area contributed by atoms with Gasteiger partial charge in [0.05, 0.1) is 6.07 Å². The Hall–Kier alpha value is -3.86. The Morgan fingerprint density at radius 3 is 2.11 bits per heavy atom. The van der Waals surface area contributed by atoms with E-state index in [0.29, 0.717) is 11.3 Å². The molecule has 0 aromatic heterocycles. The second-order valence-corrected chi connectivity index (χ2v) is 9.51. The Morgan fingerprint density at radius 1 is 1.00 bits per heavy atom. The van der Waals surface area contributed by atoms with Gasteiger partial charge in [0, 0.05) is 5.69 Å². The van der Waals surface area contributed by atoms with E-state index in [-0.39, 0.29) is 6.54 Å². The predicted molar refractivity (Wildman–Crippen MR) is 135 cm³/mol. The van der Waals surface area contributed by atoms with E-state index in [2.05, 4.69) is 10.6 Å². The van der Waals surface area contributed by atoms with Crippen LogP contribution in [0.3, 0.4) is 0 Å². The van der Waals surface area contributed by atoms with Crippen molar-refractivity contribution in [3.05, 3.63) is 64.7 Å². The summed E-state index contributed by atoms with van der Waals surface area (Å²) in [5.41, 5.74) is 3.04. The van der Waals surface area contributed by atoms with Gasteiger partial charge in [-0.3, -0.25) is 9.59 Å². The lowest BCUT2D eigenvalue weighted by Crippen LogP contribution is -2.51. The molecule has 0 heterocycles. The molecule has 0 aliphatic heterocycles. The molecule has 2 N–H and O–H groups in total. The van der Waals surface area contributed by atoms with Crippen molar-refractivity contribution in [2.24, 2.45) is 0 Å². The molecule has 2 rings (SSSR count). The maximum Gasteiger partial charge on any atom is 0.408 e. The van der Waals surface area contributed by atoms with Gasteiger partial charge in [0.1, 0.15) is 24.2 Å². The summed E-state index contributed by atoms with van der Waals surface area (Å²) in [4.78, 5) is 40.6. The lowest BCUT2D eigenvalue weighted by Gasteiger charge is -2.33. The maximum atomic E-state index is 13.7. The fraction of sp³-hybridized carbons (Fsp3) is 0.407. The minimum absolute atomic E-state index is 0.349. The third-order valence-electron chi connectivity index (χ3n) is 5.40. The van der Waals surface area contributed by atoms with Crippen LogP contribution in [0.25, 0.3) is 0 Å². The van der Waals surface area contributed by atoms with Crippen LogP contribution in [0.1, 0.15) is 56.0 Å². The van der Waals surface area contributed by atoms with E-state index in [0.717, 1.165) is 16.7 Å². The third kappa shape index (κ3) is 7.31. The average Bonchev–Trinajstić information content (AvgIpc) is 2.75. The molecule has 0 saturated heterocycles. The topological polar surface area (TPSA) is 112 Å². The number of amides is 3. The summed E-state index contributed by atoms with van der Waals surface area (Å²) in [5.74, 6) is -1.04. The monoisotopic (exact) mass is 478 g/mol. The number of hydrogen-bond acceptors (Lipinski definition) is 5. The normalized spacial score (nSPS) is 12.6. The summed E-state index contributed by atoms with van der Waals surface area (Å²) in [6.45, 7) is 11.9. The van der Waals surface area contributed by atoms with E-state index in [1.807, 2.05) is 57.2 Å². The SMILES string of the molecule is Cc1ccccc1C(C(=O)Nc1c(C)cccc1C)N(CC#N)C(=O)C(C)NC(=O)OC(C)(C)C. The molecule has 8 nitrogen and oxygen atoms in total. The number of nitrogens with one attached hydrogen (secondary N) is 2. The van der Waals surface area contributed by atoms with Crippen LogP contribution in [0.2, 0.25) is 0 Å². The Morgan fingerprint density at radius 2 is 1.57 bits per heavy atom. The van der Waals surface area contributed by atoms with Gasteiger partial charge < -0.3 is 20.3 Å².